The first-order valence-corrected chi connectivity index (χ1v) is 8.26. The Morgan fingerprint density at radius 1 is 1.29 bits per heavy atom. The molecule has 1 saturated carbocycles. The number of fused-ring (bicyclic) bond motifs is 1. The number of ether oxygens (including phenoxy) is 1. The third-order valence-electron chi connectivity index (χ3n) is 5.46. The molecular formula is C16H26N2O3. The number of hydrogen-bond donors (Lipinski definition) is 0. The van der Waals surface area contributed by atoms with E-state index in [9.17, 15) is 9.59 Å². The van der Waals surface area contributed by atoms with Crippen molar-refractivity contribution in [1.82, 2.24) is 9.80 Å². The van der Waals surface area contributed by atoms with Crippen molar-refractivity contribution in [2.45, 2.75) is 44.6 Å². The second-order valence-electron chi connectivity index (χ2n) is 6.83. The van der Waals surface area contributed by atoms with Crippen molar-refractivity contribution in [3.05, 3.63) is 0 Å². The number of likely N-dealkylation sites (tertiary alicyclic amines) is 1. The smallest absolute Gasteiger partial charge is 0.248 e. The van der Waals surface area contributed by atoms with Gasteiger partial charge in [-0.1, -0.05) is 12.8 Å². The van der Waals surface area contributed by atoms with Gasteiger partial charge in [0.2, 0.25) is 11.8 Å². The number of carbonyl (C=O) groups excluding carboxylic acids is 2. The fraction of sp³-hybridized carbons (Fsp3) is 0.875. The highest BCUT2D eigenvalue weighted by Gasteiger charge is 2.38. The van der Waals surface area contributed by atoms with Gasteiger partial charge in [0, 0.05) is 32.5 Å². The molecule has 0 aromatic carbocycles. The number of amides is 2. The van der Waals surface area contributed by atoms with E-state index < -0.39 is 0 Å². The summed E-state index contributed by atoms with van der Waals surface area (Å²) in [6.07, 6.45) is 6.61. The molecule has 0 unspecified atom stereocenters. The van der Waals surface area contributed by atoms with E-state index in [2.05, 4.69) is 0 Å². The maximum absolute atomic E-state index is 12.5. The van der Waals surface area contributed by atoms with E-state index in [0.29, 0.717) is 31.4 Å². The van der Waals surface area contributed by atoms with Crippen LogP contribution in [0.3, 0.4) is 0 Å². The summed E-state index contributed by atoms with van der Waals surface area (Å²) < 4.78 is 5.46. The van der Waals surface area contributed by atoms with Gasteiger partial charge in [-0.3, -0.25) is 9.59 Å². The molecule has 3 fully saturated rings. The number of carbonyl (C=O) groups is 2. The van der Waals surface area contributed by atoms with Crippen molar-refractivity contribution in [2.75, 3.05) is 33.4 Å². The van der Waals surface area contributed by atoms with Crippen LogP contribution in [-0.4, -0.2) is 61.0 Å². The molecule has 0 bridgehead atoms. The second kappa shape index (κ2) is 6.34. The molecule has 0 radical (unpaired) electrons. The van der Waals surface area contributed by atoms with Crippen molar-refractivity contribution in [3.8, 4) is 0 Å². The molecule has 118 valence electrons. The Morgan fingerprint density at radius 3 is 2.81 bits per heavy atom. The summed E-state index contributed by atoms with van der Waals surface area (Å²) in [5.74, 6) is 1.28. The minimum atomic E-state index is 0.0348. The normalized spacial score (nSPS) is 31.2. The molecule has 2 aliphatic heterocycles. The van der Waals surface area contributed by atoms with Crippen molar-refractivity contribution in [3.63, 3.8) is 0 Å². The van der Waals surface area contributed by atoms with Crippen molar-refractivity contribution >= 4 is 11.8 Å². The SMILES string of the molecule is CN1C(=O)COC[C@@H]2CCN(C(=O)CC3CCCC3)C[C@@H]21. The van der Waals surface area contributed by atoms with Crippen molar-refractivity contribution < 1.29 is 14.3 Å². The lowest BCUT2D eigenvalue weighted by molar-refractivity contribution is -0.139. The molecule has 0 spiro atoms. The fourth-order valence-electron chi connectivity index (χ4n) is 4.01. The van der Waals surface area contributed by atoms with Gasteiger partial charge in [0.1, 0.15) is 6.61 Å². The van der Waals surface area contributed by atoms with Crippen LogP contribution in [0.1, 0.15) is 38.5 Å². The first-order valence-electron chi connectivity index (χ1n) is 8.26. The van der Waals surface area contributed by atoms with E-state index in [4.69, 9.17) is 4.74 Å². The van der Waals surface area contributed by atoms with Gasteiger partial charge < -0.3 is 14.5 Å². The fourth-order valence-corrected chi connectivity index (χ4v) is 4.01. The van der Waals surface area contributed by atoms with Crippen LogP contribution in [0.4, 0.5) is 0 Å². The molecule has 5 nitrogen and oxygen atoms in total. The zero-order valence-electron chi connectivity index (χ0n) is 12.9. The highest BCUT2D eigenvalue weighted by atomic mass is 16.5. The Labute approximate surface area is 126 Å². The van der Waals surface area contributed by atoms with Gasteiger partial charge in [-0.15, -0.1) is 0 Å². The summed E-state index contributed by atoms with van der Waals surface area (Å²) in [4.78, 5) is 28.2. The molecule has 2 heterocycles. The number of piperidine rings is 1. The molecule has 1 aliphatic carbocycles. The lowest BCUT2D eigenvalue weighted by atomic mass is 9.90. The van der Waals surface area contributed by atoms with E-state index in [-0.39, 0.29) is 24.5 Å². The van der Waals surface area contributed by atoms with Crippen molar-refractivity contribution in [1.29, 1.82) is 0 Å². The molecule has 3 aliphatic rings. The maximum atomic E-state index is 12.5. The molecule has 0 aromatic heterocycles. The molecule has 2 atom stereocenters. The average Bonchev–Trinajstić information content (AvgIpc) is 2.94. The Kier molecular flexibility index (Phi) is 4.48. The zero-order chi connectivity index (χ0) is 14.8. The van der Waals surface area contributed by atoms with Crippen LogP contribution in [0.5, 0.6) is 0 Å². The topological polar surface area (TPSA) is 49.9 Å². The Bertz CT molecular complexity index is 406. The van der Waals surface area contributed by atoms with Gasteiger partial charge in [0.15, 0.2) is 0 Å². The van der Waals surface area contributed by atoms with Crippen LogP contribution in [-0.2, 0) is 14.3 Å². The number of nitrogens with zero attached hydrogens (tertiary/aromatic N) is 2. The summed E-state index contributed by atoms with van der Waals surface area (Å²) in [6.45, 7) is 2.32. The van der Waals surface area contributed by atoms with Crippen LogP contribution in [0.15, 0.2) is 0 Å². The summed E-state index contributed by atoms with van der Waals surface area (Å²) in [7, 11) is 1.85. The van der Waals surface area contributed by atoms with E-state index in [1.54, 1.807) is 4.90 Å². The molecular weight excluding hydrogens is 268 g/mol. The number of rotatable bonds is 2. The largest absolute Gasteiger partial charge is 0.371 e. The number of hydrogen-bond acceptors (Lipinski definition) is 3. The Balaban J connectivity index is 1.61. The molecule has 0 N–H and O–H groups in total. The monoisotopic (exact) mass is 294 g/mol. The molecule has 0 aromatic rings. The Hall–Kier alpha value is -1.10. The maximum Gasteiger partial charge on any atom is 0.248 e. The average molecular weight is 294 g/mol. The minimum Gasteiger partial charge on any atom is -0.371 e. The predicted molar refractivity (Wildman–Crippen MR) is 78.6 cm³/mol. The summed E-state index contributed by atoms with van der Waals surface area (Å²) >= 11 is 0. The van der Waals surface area contributed by atoms with Crippen LogP contribution in [0.2, 0.25) is 0 Å². The predicted octanol–water partition coefficient (Wildman–Crippen LogP) is 1.27. The Morgan fingerprint density at radius 2 is 2.05 bits per heavy atom. The summed E-state index contributed by atoms with van der Waals surface area (Å²) in [5.41, 5.74) is 0. The standard InChI is InChI=1S/C16H26N2O3/c1-17-14-9-18(15(19)8-12-4-2-3-5-12)7-6-13(14)10-21-11-16(17)20/h12-14H,2-11H2,1H3/t13-,14-/m0/s1. The lowest BCUT2D eigenvalue weighted by Gasteiger charge is -2.41. The summed E-state index contributed by atoms with van der Waals surface area (Å²) in [6, 6.07) is 0.126. The van der Waals surface area contributed by atoms with Gasteiger partial charge >= 0.3 is 0 Å². The molecule has 5 heteroatoms. The second-order valence-corrected chi connectivity index (χ2v) is 6.83. The first-order chi connectivity index (χ1) is 10.1. The lowest BCUT2D eigenvalue weighted by Crippen LogP contribution is -2.54. The molecule has 2 saturated heterocycles. The molecule has 2 amide bonds. The van der Waals surface area contributed by atoms with Gasteiger partial charge in [0.25, 0.3) is 0 Å². The summed E-state index contributed by atoms with van der Waals surface area (Å²) in [5, 5.41) is 0. The quantitative estimate of drug-likeness (QED) is 0.771. The first kappa shape index (κ1) is 14.8. The molecule has 21 heavy (non-hydrogen) atoms. The third-order valence-corrected chi connectivity index (χ3v) is 5.46. The van der Waals surface area contributed by atoms with Crippen LogP contribution < -0.4 is 0 Å². The van der Waals surface area contributed by atoms with E-state index in [0.717, 1.165) is 13.0 Å². The van der Waals surface area contributed by atoms with Crippen molar-refractivity contribution in [2.24, 2.45) is 11.8 Å². The van der Waals surface area contributed by atoms with E-state index in [1.807, 2.05) is 11.9 Å². The van der Waals surface area contributed by atoms with Crippen LogP contribution in [0.25, 0.3) is 0 Å². The third kappa shape index (κ3) is 3.23. The van der Waals surface area contributed by atoms with Gasteiger partial charge in [-0.05, 0) is 25.2 Å². The van der Waals surface area contributed by atoms with Crippen LogP contribution in [0, 0.1) is 11.8 Å². The minimum absolute atomic E-state index is 0.0348. The number of likely N-dealkylation sites (N-methyl/N-ethyl adjacent to an activating group) is 1. The van der Waals surface area contributed by atoms with Gasteiger partial charge in [-0.2, -0.15) is 0 Å². The van der Waals surface area contributed by atoms with E-state index in [1.165, 1.54) is 25.7 Å². The van der Waals surface area contributed by atoms with E-state index >= 15 is 0 Å². The zero-order valence-corrected chi connectivity index (χ0v) is 12.9. The van der Waals surface area contributed by atoms with Gasteiger partial charge in [0.05, 0.1) is 12.6 Å². The van der Waals surface area contributed by atoms with Gasteiger partial charge in [-0.25, -0.2) is 0 Å². The highest BCUT2D eigenvalue weighted by Crippen LogP contribution is 2.30. The molecule has 3 rings (SSSR count). The van der Waals surface area contributed by atoms with Crippen LogP contribution >= 0.6 is 0 Å². The highest BCUT2D eigenvalue weighted by molar-refractivity contribution is 5.79.